The first-order valence-corrected chi connectivity index (χ1v) is 7.04. The third kappa shape index (κ3) is 3.63. The molecule has 3 rings (SSSR count). The number of benzene rings is 2. The van der Waals surface area contributed by atoms with Gasteiger partial charge in [0, 0.05) is 15.4 Å². The van der Waals surface area contributed by atoms with Crippen LogP contribution in [0, 0.1) is 0 Å². The molecule has 0 spiro atoms. The van der Waals surface area contributed by atoms with Gasteiger partial charge < -0.3 is 5.11 Å². The fraction of sp³-hybridized carbons (Fsp3) is 0. The van der Waals surface area contributed by atoms with Crippen LogP contribution in [0.1, 0.15) is 11.3 Å². The molecule has 0 aliphatic heterocycles. The first-order valence-electron chi connectivity index (χ1n) is 6.25. The van der Waals surface area contributed by atoms with Crippen molar-refractivity contribution in [1.29, 1.82) is 0 Å². The maximum absolute atomic E-state index is 9.79. The lowest BCUT2D eigenvalue weighted by Crippen LogP contribution is -1.82. The van der Waals surface area contributed by atoms with Crippen LogP contribution in [0.25, 0.3) is 23.1 Å². The summed E-state index contributed by atoms with van der Waals surface area (Å²) in [6.45, 7) is 0. The predicted molar refractivity (Wildman–Crippen MR) is 93.7 cm³/mol. The molecule has 0 amide bonds. The molecule has 106 valence electrons. The van der Waals surface area contributed by atoms with Gasteiger partial charge in [0.2, 0.25) is 0 Å². The molecule has 0 saturated heterocycles. The van der Waals surface area contributed by atoms with Crippen LogP contribution in [0.2, 0.25) is 0 Å². The normalized spacial score (nSPS) is 10.7. The van der Waals surface area contributed by atoms with E-state index in [0.29, 0.717) is 0 Å². The first kappa shape index (κ1) is 15.5. The summed E-state index contributed by atoms with van der Waals surface area (Å²) >= 11 is 3.39. The summed E-state index contributed by atoms with van der Waals surface area (Å²) in [5.74, 6) is 0.255. The molecule has 2 nitrogen and oxygen atoms in total. The maximum atomic E-state index is 9.79. The highest BCUT2D eigenvalue weighted by atomic mass is 79.9. The maximum Gasteiger partial charge on any atom is 0.122 e. The molecule has 0 fully saturated rings. The molecule has 1 heterocycles. The van der Waals surface area contributed by atoms with Crippen LogP contribution in [0.3, 0.4) is 0 Å². The van der Waals surface area contributed by atoms with E-state index < -0.39 is 0 Å². The van der Waals surface area contributed by atoms with E-state index in [9.17, 15) is 5.11 Å². The molecule has 1 N–H and O–H groups in total. The third-order valence-electron chi connectivity index (χ3n) is 3.04. The number of halogens is 2. The Morgan fingerprint density at radius 2 is 1.76 bits per heavy atom. The molecular formula is C17H13BrClNO. The van der Waals surface area contributed by atoms with Gasteiger partial charge in [-0.2, -0.15) is 0 Å². The lowest BCUT2D eigenvalue weighted by molar-refractivity contribution is 0.474. The molecule has 0 aliphatic carbocycles. The smallest absolute Gasteiger partial charge is 0.122 e. The van der Waals surface area contributed by atoms with E-state index in [2.05, 4.69) is 20.9 Å². The van der Waals surface area contributed by atoms with Crippen LogP contribution in [0.5, 0.6) is 5.75 Å². The quantitative estimate of drug-likeness (QED) is 0.671. The molecule has 0 aliphatic rings. The van der Waals surface area contributed by atoms with Gasteiger partial charge in [-0.3, -0.25) is 0 Å². The lowest BCUT2D eigenvalue weighted by Gasteiger charge is -2.01. The Morgan fingerprint density at radius 3 is 2.62 bits per heavy atom. The summed E-state index contributed by atoms with van der Waals surface area (Å²) in [6, 6.07) is 17.4. The summed E-state index contributed by atoms with van der Waals surface area (Å²) in [4.78, 5) is 4.56. The van der Waals surface area contributed by atoms with Gasteiger partial charge in [-0.05, 0) is 42.5 Å². The second-order valence-electron chi connectivity index (χ2n) is 4.47. The molecule has 4 heteroatoms. The number of aromatic nitrogens is 1. The summed E-state index contributed by atoms with van der Waals surface area (Å²) in [5, 5.41) is 10.9. The Hall–Kier alpha value is -1.84. The van der Waals surface area contributed by atoms with Crippen molar-refractivity contribution in [2.45, 2.75) is 0 Å². The van der Waals surface area contributed by atoms with Gasteiger partial charge in [0.05, 0.1) is 11.2 Å². The zero-order valence-corrected chi connectivity index (χ0v) is 13.4. The predicted octanol–water partition coefficient (Wildman–Crippen LogP) is 5.30. The first-order chi connectivity index (χ1) is 9.72. The van der Waals surface area contributed by atoms with Crippen LogP contribution < -0.4 is 0 Å². The minimum Gasteiger partial charge on any atom is -0.507 e. The highest BCUT2D eigenvalue weighted by Crippen LogP contribution is 2.24. The van der Waals surface area contributed by atoms with E-state index in [1.807, 2.05) is 54.6 Å². The van der Waals surface area contributed by atoms with Gasteiger partial charge in [-0.1, -0.05) is 40.2 Å². The molecular weight excluding hydrogens is 350 g/mol. The van der Waals surface area contributed by atoms with Crippen molar-refractivity contribution in [1.82, 2.24) is 4.98 Å². The second-order valence-corrected chi connectivity index (χ2v) is 5.38. The van der Waals surface area contributed by atoms with Crippen molar-refractivity contribution in [2.24, 2.45) is 0 Å². The zero-order chi connectivity index (χ0) is 13.9. The number of phenols is 1. The van der Waals surface area contributed by atoms with E-state index >= 15 is 0 Å². The summed E-state index contributed by atoms with van der Waals surface area (Å²) < 4.78 is 0.932. The Labute approximate surface area is 137 Å². The molecule has 0 unspecified atom stereocenters. The van der Waals surface area contributed by atoms with Gasteiger partial charge >= 0.3 is 0 Å². The average Bonchev–Trinajstić information content (AvgIpc) is 2.48. The van der Waals surface area contributed by atoms with Crippen molar-refractivity contribution in [3.8, 4) is 5.75 Å². The van der Waals surface area contributed by atoms with Crippen LogP contribution in [-0.4, -0.2) is 10.1 Å². The van der Waals surface area contributed by atoms with E-state index in [0.717, 1.165) is 26.6 Å². The zero-order valence-electron chi connectivity index (χ0n) is 11.0. The summed E-state index contributed by atoms with van der Waals surface area (Å²) in [7, 11) is 0. The number of rotatable bonds is 2. The fourth-order valence-electron chi connectivity index (χ4n) is 2.01. The number of aromatic hydroxyl groups is 1. The number of pyridine rings is 1. The highest BCUT2D eigenvalue weighted by Gasteiger charge is 1.99. The topological polar surface area (TPSA) is 33.1 Å². The average molecular weight is 363 g/mol. The molecule has 0 atom stereocenters. The number of hydrogen-bond donors (Lipinski definition) is 1. The van der Waals surface area contributed by atoms with Crippen molar-refractivity contribution in [3.63, 3.8) is 0 Å². The van der Waals surface area contributed by atoms with Gasteiger partial charge in [-0.25, -0.2) is 4.98 Å². The van der Waals surface area contributed by atoms with Crippen molar-refractivity contribution < 1.29 is 5.11 Å². The monoisotopic (exact) mass is 361 g/mol. The van der Waals surface area contributed by atoms with Crippen LogP contribution in [0.15, 0.2) is 59.1 Å². The van der Waals surface area contributed by atoms with Crippen LogP contribution in [0.4, 0.5) is 0 Å². The minimum atomic E-state index is 0. The minimum absolute atomic E-state index is 0. The van der Waals surface area contributed by atoms with Crippen LogP contribution >= 0.6 is 28.3 Å². The van der Waals surface area contributed by atoms with Crippen molar-refractivity contribution in [2.75, 3.05) is 0 Å². The Balaban J connectivity index is 0.00000161. The van der Waals surface area contributed by atoms with E-state index in [-0.39, 0.29) is 18.2 Å². The van der Waals surface area contributed by atoms with Crippen molar-refractivity contribution >= 4 is 51.4 Å². The standard InChI is InChI=1S/C17H12BrNO.ClH/c18-14-7-10-17(20)13(11-14)6-9-15-8-5-12-3-1-2-4-16(12)19-15;/h1-11,20H;1H/b9-6-;. The largest absolute Gasteiger partial charge is 0.507 e. The van der Waals surface area contributed by atoms with Crippen molar-refractivity contribution in [3.05, 3.63) is 70.3 Å². The van der Waals surface area contributed by atoms with Gasteiger partial charge in [0.15, 0.2) is 0 Å². The second kappa shape index (κ2) is 6.74. The van der Waals surface area contributed by atoms with E-state index in [1.54, 1.807) is 12.1 Å². The fourth-order valence-corrected chi connectivity index (χ4v) is 2.39. The highest BCUT2D eigenvalue weighted by molar-refractivity contribution is 9.10. The SMILES string of the molecule is Cl.Oc1ccc(Br)cc1/C=C\c1ccc2ccccc2n1. The van der Waals surface area contributed by atoms with Gasteiger partial charge in [0.1, 0.15) is 5.75 Å². The molecule has 21 heavy (non-hydrogen) atoms. The van der Waals surface area contributed by atoms with Crippen LogP contribution in [-0.2, 0) is 0 Å². The summed E-state index contributed by atoms with van der Waals surface area (Å²) in [5.41, 5.74) is 2.59. The Bertz CT molecular complexity index is 802. The molecule has 0 saturated carbocycles. The third-order valence-corrected chi connectivity index (χ3v) is 3.54. The van der Waals surface area contributed by atoms with E-state index in [4.69, 9.17) is 0 Å². The lowest BCUT2D eigenvalue weighted by atomic mass is 10.1. The molecule has 2 aromatic carbocycles. The molecule has 0 bridgehead atoms. The summed E-state index contributed by atoms with van der Waals surface area (Å²) in [6.07, 6.45) is 3.76. The number of para-hydroxylation sites is 1. The number of nitrogens with zero attached hydrogens (tertiary/aromatic N) is 1. The van der Waals surface area contributed by atoms with Gasteiger partial charge in [-0.15, -0.1) is 12.4 Å². The number of fused-ring (bicyclic) bond motifs is 1. The van der Waals surface area contributed by atoms with E-state index in [1.165, 1.54) is 0 Å². The molecule has 3 aromatic rings. The van der Waals surface area contributed by atoms with Gasteiger partial charge in [0.25, 0.3) is 0 Å². The molecule has 1 aromatic heterocycles. The Morgan fingerprint density at radius 1 is 0.952 bits per heavy atom. The number of phenolic OH excluding ortho intramolecular Hbond substituents is 1. The number of hydrogen-bond acceptors (Lipinski definition) is 2. The Kier molecular flexibility index (Phi) is 4.99. The molecule has 0 radical (unpaired) electrons.